The number of carbonyl (C=O) groups is 2. The molecule has 6 aromatic carbocycles. The second-order valence-corrected chi connectivity index (χ2v) is 20.0. The van der Waals surface area contributed by atoms with Gasteiger partial charge in [-0.15, -0.1) is 23.2 Å². The third-order valence-electron chi connectivity index (χ3n) is 14.4. The molecule has 12 rings (SSSR count). The minimum Gasteiger partial charge on any atom is -0.481 e. The third-order valence-corrected chi connectivity index (χ3v) is 14.4. The summed E-state index contributed by atoms with van der Waals surface area (Å²) in [6.45, 7) is 5.13. The molecule has 13 nitrogen and oxygen atoms in total. The number of carboxylic acids is 1. The van der Waals surface area contributed by atoms with Gasteiger partial charge in [0.15, 0.2) is 0 Å². The lowest BCUT2D eigenvalue weighted by atomic mass is 9.97. The van der Waals surface area contributed by atoms with E-state index in [-0.39, 0.29) is 23.8 Å². The minimum absolute atomic E-state index is 0.185. The molecule has 0 saturated carbocycles. The lowest BCUT2D eigenvalue weighted by Crippen LogP contribution is -2.37. The normalized spacial score (nSPS) is 15.2. The summed E-state index contributed by atoms with van der Waals surface area (Å²) in [4.78, 5) is 56.0. The molecule has 0 aliphatic carbocycles. The maximum Gasteiger partial charge on any atom is 0.306 e. The maximum atomic E-state index is 11.1. The van der Waals surface area contributed by atoms with Crippen molar-refractivity contribution in [3.05, 3.63) is 164 Å². The summed E-state index contributed by atoms with van der Waals surface area (Å²) in [7, 11) is 0. The number of piperidine rings is 3. The standard InChI is InChI=1S/C20H19N3O2.C20H21N3O.C20H19N3O.CH2Cl2/c24-19(25)15-8-11-23(12-9-15)20-21-10-7-18(22-20)17-6-5-14-3-1-2-4-16(14)13-17;2*24-14-15-8-11-23(12-9-15)20-21-10-7-19(22-20)18-6-5-16-3-1-2-4-17(16)13-18;2-1-3/h1-7,10,13,15H,8-9,11-12H2,(H,24,25);1-7,10,13,15,24H,8-9,11-12,14H2;1-7,10,13-15H,8-9,11-12H2;1H2. The number of halogens is 2. The van der Waals surface area contributed by atoms with Crippen LogP contribution in [0.25, 0.3) is 66.1 Å². The van der Waals surface area contributed by atoms with Crippen LogP contribution in [0.3, 0.4) is 0 Å². The van der Waals surface area contributed by atoms with E-state index in [1.165, 1.54) is 32.3 Å². The lowest BCUT2D eigenvalue weighted by Gasteiger charge is -2.31. The van der Waals surface area contributed by atoms with Gasteiger partial charge in [-0.05, 0) is 113 Å². The summed E-state index contributed by atoms with van der Waals surface area (Å²) >= 11 is 9.53. The average Bonchev–Trinajstić information content (AvgIpc) is 3.50. The predicted octanol–water partition coefficient (Wildman–Crippen LogP) is 12.2. The molecule has 0 unspecified atom stereocenters. The van der Waals surface area contributed by atoms with Crippen molar-refractivity contribution in [2.75, 3.05) is 65.9 Å². The SMILES string of the molecule is ClCCl.O=C(O)C1CCN(c2nccc(-c3ccc4ccccc4c3)n2)CC1.O=CC1CCN(c2nccc(-c3ccc4ccccc4c3)n2)CC1.OCC1CCN(c2nccc(-c3ccc4ccccc4c3)n2)CC1. The zero-order chi connectivity index (χ0) is 52.6. The molecule has 3 aliphatic rings. The van der Waals surface area contributed by atoms with Crippen LogP contribution in [-0.2, 0) is 9.59 Å². The first-order valence-corrected chi connectivity index (χ1v) is 27.0. The summed E-state index contributed by atoms with van der Waals surface area (Å²) in [6.07, 6.45) is 11.5. The minimum atomic E-state index is -0.703. The van der Waals surface area contributed by atoms with Gasteiger partial charge in [0, 0.05) is 87.1 Å². The molecule has 0 atom stereocenters. The summed E-state index contributed by atoms with van der Waals surface area (Å²) in [5, 5.41) is 25.9. The van der Waals surface area contributed by atoms with E-state index in [0.717, 1.165) is 104 Å². The molecular formula is C61H61Cl2N9O4. The van der Waals surface area contributed by atoms with Crippen molar-refractivity contribution in [2.24, 2.45) is 17.8 Å². The Bertz CT molecular complexity index is 3360. The largest absolute Gasteiger partial charge is 0.481 e. The van der Waals surface area contributed by atoms with Gasteiger partial charge in [-0.3, -0.25) is 4.79 Å². The van der Waals surface area contributed by atoms with Gasteiger partial charge in [-0.25, -0.2) is 29.9 Å². The van der Waals surface area contributed by atoms with E-state index in [1.54, 1.807) is 6.20 Å². The topological polar surface area (TPSA) is 162 Å². The second kappa shape index (κ2) is 26.3. The third kappa shape index (κ3) is 13.6. The Kier molecular flexibility index (Phi) is 18.4. The highest BCUT2D eigenvalue weighted by Gasteiger charge is 2.26. The number of carbonyl (C=O) groups excluding carboxylic acids is 1. The Hall–Kier alpha value is -7.58. The van der Waals surface area contributed by atoms with Crippen molar-refractivity contribution in [1.29, 1.82) is 0 Å². The summed E-state index contributed by atoms with van der Waals surface area (Å²) in [6, 6.07) is 49.9. The first kappa shape index (κ1) is 53.3. The van der Waals surface area contributed by atoms with E-state index >= 15 is 0 Å². The molecule has 388 valence electrons. The van der Waals surface area contributed by atoms with E-state index in [4.69, 9.17) is 43.3 Å². The molecule has 0 radical (unpaired) electrons. The van der Waals surface area contributed by atoms with Gasteiger partial charge in [-0.1, -0.05) is 109 Å². The van der Waals surface area contributed by atoms with Crippen LogP contribution in [0.2, 0.25) is 0 Å². The van der Waals surface area contributed by atoms with Gasteiger partial charge in [0.1, 0.15) is 6.29 Å². The Morgan fingerprint density at radius 3 is 1.14 bits per heavy atom. The first-order valence-electron chi connectivity index (χ1n) is 25.9. The predicted molar refractivity (Wildman–Crippen MR) is 307 cm³/mol. The fourth-order valence-electron chi connectivity index (χ4n) is 9.91. The quantitative estimate of drug-likeness (QED) is 0.104. The number of hydrogen-bond acceptors (Lipinski definition) is 12. The molecule has 3 fully saturated rings. The molecule has 0 spiro atoms. The van der Waals surface area contributed by atoms with Gasteiger partial charge in [-0.2, -0.15) is 0 Å². The van der Waals surface area contributed by atoms with Crippen LogP contribution < -0.4 is 14.7 Å². The summed E-state index contributed by atoms with van der Waals surface area (Å²) in [5.74, 6) is 1.87. The molecule has 76 heavy (non-hydrogen) atoms. The van der Waals surface area contributed by atoms with Gasteiger partial charge >= 0.3 is 5.97 Å². The molecule has 3 saturated heterocycles. The van der Waals surface area contributed by atoms with Crippen LogP contribution in [0.15, 0.2) is 164 Å². The van der Waals surface area contributed by atoms with Crippen LogP contribution in [-0.4, -0.2) is 104 Å². The van der Waals surface area contributed by atoms with E-state index in [2.05, 4.69) is 139 Å². The van der Waals surface area contributed by atoms with Crippen molar-refractivity contribution < 1.29 is 19.8 Å². The lowest BCUT2D eigenvalue weighted by molar-refractivity contribution is -0.142. The molecule has 2 N–H and O–H groups in total. The van der Waals surface area contributed by atoms with Crippen molar-refractivity contribution in [2.45, 2.75) is 38.5 Å². The summed E-state index contributed by atoms with van der Waals surface area (Å²) < 4.78 is 0. The Labute approximate surface area is 453 Å². The maximum absolute atomic E-state index is 11.1. The number of aliphatic hydroxyl groups excluding tert-OH is 1. The number of anilines is 3. The van der Waals surface area contributed by atoms with Gasteiger partial charge < -0.3 is 29.7 Å². The number of aromatic nitrogens is 6. The second-order valence-electron chi connectivity index (χ2n) is 19.2. The fourth-order valence-corrected chi connectivity index (χ4v) is 9.91. The smallest absolute Gasteiger partial charge is 0.306 e. The van der Waals surface area contributed by atoms with E-state index < -0.39 is 5.97 Å². The van der Waals surface area contributed by atoms with Crippen molar-refractivity contribution in [1.82, 2.24) is 29.9 Å². The average molecular weight is 1060 g/mol. The number of benzene rings is 6. The van der Waals surface area contributed by atoms with Crippen LogP contribution in [0.5, 0.6) is 0 Å². The van der Waals surface area contributed by atoms with Crippen molar-refractivity contribution >= 4 is 85.6 Å². The van der Waals surface area contributed by atoms with Crippen LogP contribution >= 0.6 is 23.2 Å². The van der Waals surface area contributed by atoms with E-state index in [9.17, 15) is 14.7 Å². The molecule has 3 aliphatic heterocycles. The van der Waals surface area contributed by atoms with Crippen molar-refractivity contribution in [3.8, 4) is 33.8 Å². The van der Waals surface area contributed by atoms with E-state index in [0.29, 0.717) is 37.8 Å². The number of rotatable bonds is 9. The Morgan fingerprint density at radius 1 is 0.487 bits per heavy atom. The molecule has 6 heterocycles. The molecule has 3 aromatic heterocycles. The van der Waals surface area contributed by atoms with Gasteiger partial charge in [0.05, 0.1) is 28.3 Å². The molecule has 0 amide bonds. The molecule has 15 heteroatoms. The van der Waals surface area contributed by atoms with Gasteiger partial charge in [0.25, 0.3) is 0 Å². The zero-order valence-electron chi connectivity index (χ0n) is 42.3. The zero-order valence-corrected chi connectivity index (χ0v) is 43.8. The van der Waals surface area contributed by atoms with Crippen molar-refractivity contribution in [3.63, 3.8) is 0 Å². The molecular weight excluding hydrogens is 994 g/mol. The number of aliphatic carboxylic acids is 1. The van der Waals surface area contributed by atoms with Crippen LogP contribution in [0, 0.1) is 17.8 Å². The highest BCUT2D eigenvalue weighted by molar-refractivity contribution is 6.40. The number of fused-ring (bicyclic) bond motifs is 3. The monoisotopic (exact) mass is 1050 g/mol. The Morgan fingerprint density at radius 2 is 0.816 bits per heavy atom. The number of carboxylic acid groups (broad SMARTS) is 1. The number of alkyl halides is 2. The van der Waals surface area contributed by atoms with Gasteiger partial charge in [0.2, 0.25) is 17.8 Å². The summed E-state index contributed by atoms with van der Waals surface area (Å²) in [5.41, 5.74) is 6.04. The Balaban J connectivity index is 0.000000136. The fraction of sp³-hybridized carbons (Fsp3) is 0.279. The molecule has 0 bridgehead atoms. The molecule has 9 aromatic rings. The number of hydrogen-bond donors (Lipinski definition) is 2. The van der Waals surface area contributed by atoms with Crippen LogP contribution in [0.4, 0.5) is 17.8 Å². The highest BCUT2D eigenvalue weighted by Crippen LogP contribution is 2.30. The number of nitrogens with zero attached hydrogens (tertiary/aromatic N) is 9. The van der Waals surface area contributed by atoms with Crippen LogP contribution in [0.1, 0.15) is 38.5 Å². The number of aldehydes is 1. The van der Waals surface area contributed by atoms with E-state index in [1.807, 2.05) is 48.8 Å². The number of aliphatic hydroxyl groups is 1. The first-order chi connectivity index (χ1) is 37.3. The highest BCUT2D eigenvalue weighted by atomic mass is 35.5.